The Hall–Kier alpha value is -4.65. The SMILES string of the molecule is CC(=O)/C=C/c1ccc2nc(C3(NC(=O)c4ccc5c(C6CCCC6)c(-c6ccoc6)n(C)c5c4)CC=CC3)n(C)c2c1. The van der Waals surface area contributed by atoms with Gasteiger partial charge in [-0.15, -0.1) is 0 Å². The highest BCUT2D eigenvalue weighted by molar-refractivity contribution is 6.01. The van der Waals surface area contributed by atoms with Gasteiger partial charge in [-0.05, 0) is 86.1 Å². The second-order valence-corrected chi connectivity index (χ2v) is 12.1. The number of rotatable bonds is 7. The Morgan fingerprint density at radius 2 is 1.79 bits per heavy atom. The fourth-order valence-corrected chi connectivity index (χ4v) is 7.22. The first kappa shape index (κ1) is 27.2. The van der Waals surface area contributed by atoms with Crippen LogP contribution in [0.5, 0.6) is 0 Å². The number of benzene rings is 2. The number of imidazole rings is 1. The Morgan fingerprint density at radius 3 is 2.51 bits per heavy atom. The standard InChI is InChI=1S/C36H36N4O3/c1-23(41)10-11-24-12-15-29-31(20-24)40(3)35(37-29)36(17-6-7-18-36)38-34(42)26-13-14-28-30(21-26)39(2)33(27-16-19-43-22-27)32(28)25-8-4-5-9-25/h6-7,10-16,19-22,25H,4-5,8-9,17-18H2,1-3H3,(H,38,42)/b11-10+. The van der Waals surface area contributed by atoms with E-state index in [1.807, 2.05) is 55.8 Å². The van der Waals surface area contributed by atoms with E-state index in [4.69, 9.17) is 9.40 Å². The first-order chi connectivity index (χ1) is 20.8. The number of nitrogens with one attached hydrogen (secondary N) is 1. The van der Waals surface area contributed by atoms with Gasteiger partial charge in [-0.2, -0.15) is 0 Å². The van der Waals surface area contributed by atoms with Gasteiger partial charge in [0, 0.05) is 36.1 Å². The molecule has 0 unspecified atom stereocenters. The van der Waals surface area contributed by atoms with Crippen LogP contribution >= 0.6 is 0 Å². The Labute approximate surface area is 250 Å². The molecular formula is C36H36N4O3. The van der Waals surface area contributed by atoms with Crippen LogP contribution in [0.3, 0.4) is 0 Å². The Bertz CT molecular complexity index is 1920. The molecule has 0 radical (unpaired) electrons. The van der Waals surface area contributed by atoms with Crippen molar-refractivity contribution in [1.29, 1.82) is 0 Å². The van der Waals surface area contributed by atoms with Crippen molar-refractivity contribution in [3.05, 3.63) is 95.7 Å². The van der Waals surface area contributed by atoms with Crippen LogP contribution in [-0.4, -0.2) is 25.8 Å². The predicted molar refractivity (Wildman–Crippen MR) is 170 cm³/mol. The maximum absolute atomic E-state index is 14.0. The van der Waals surface area contributed by atoms with Crippen molar-refractivity contribution in [2.24, 2.45) is 14.1 Å². The summed E-state index contributed by atoms with van der Waals surface area (Å²) in [6, 6.07) is 14.1. The largest absolute Gasteiger partial charge is 0.472 e. The zero-order valence-electron chi connectivity index (χ0n) is 24.9. The van der Waals surface area contributed by atoms with Crippen LogP contribution in [0.4, 0.5) is 0 Å². The van der Waals surface area contributed by atoms with Gasteiger partial charge in [-0.3, -0.25) is 9.59 Å². The van der Waals surface area contributed by atoms with Crippen molar-refractivity contribution in [3.8, 4) is 11.3 Å². The summed E-state index contributed by atoms with van der Waals surface area (Å²) in [4.78, 5) is 30.5. The molecule has 0 bridgehead atoms. The number of aromatic nitrogens is 3. The number of nitrogens with zero attached hydrogens (tertiary/aromatic N) is 3. The zero-order chi connectivity index (χ0) is 29.7. The van der Waals surface area contributed by atoms with Crippen LogP contribution in [-0.2, 0) is 24.4 Å². The first-order valence-corrected chi connectivity index (χ1v) is 15.1. The lowest BCUT2D eigenvalue weighted by Gasteiger charge is -2.30. The summed E-state index contributed by atoms with van der Waals surface area (Å²) in [5.41, 5.74) is 7.41. The van der Waals surface area contributed by atoms with Crippen molar-refractivity contribution >= 4 is 39.7 Å². The average molecular weight is 573 g/mol. The molecule has 0 atom stereocenters. The molecule has 3 aromatic heterocycles. The van der Waals surface area contributed by atoms with Crippen LogP contribution in [0, 0.1) is 0 Å². The molecule has 43 heavy (non-hydrogen) atoms. The highest BCUT2D eigenvalue weighted by Gasteiger charge is 2.39. The van der Waals surface area contributed by atoms with Gasteiger partial charge in [0.25, 0.3) is 5.91 Å². The van der Waals surface area contributed by atoms with Crippen molar-refractivity contribution in [2.45, 2.75) is 56.9 Å². The zero-order valence-corrected chi connectivity index (χ0v) is 24.9. The van der Waals surface area contributed by atoms with Gasteiger partial charge in [0.2, 0.25) is 0 Å². The topological polar surface area (TPSA) is 82.1 Å². The number of furan rings is 1. The number of fused-ring (bicyclic) bond motifs is 2. The number of carbonyl (C=O) groups excluding carboxylic acids is 2. The summed E-state index contributed by atoms with van der Waals surface area (Å²) >= 11 is 0. The molecule has 2 aromatic carbocycles. The third-order valence-electron chi connectivity index (χ3n) is 9.36. The third-order valence-corrected chi connectivity index (χ3v) is 9.36. The summed E-state index contributed by atoms with van der Waals surface area (Å²) in [5.74, 6) is 1.22. The van der Waals surface area contributed by atoms with E-state index in [0.717, 1.165) is 33.5 Å². The number of hydrogen-bond donors (Lipinski definition) is 1. The lowest BCUT2D eigenvalue weighted by atomic mass is 9.92. The van der Waals surface area contributed by atoms with Gasteiger partial charge in [0.1, 0.15) is 11.4 Å². The summed E-state index contributed by atoms with van der Waals surface area (Å²) in [7, 11) is 4.08. The Morgan fingerprint density at radius 1 is 1.00 bits per heavy atom. The molecule has 7 rings (SSSR count). The molecule has 1 N–H and O–H groups in total. The molecule has 1 amide bonds. The number of amides is 1. The minimum atomic E-state index is -0.652. The molecule has 0 saturated heterocycles. The van der Waals surface area contributed by atoms with Crippen LogP contribution < -0.4 is 5.32 Å². The lowest BCUT2D eigenvalue weighted by molar-refractivity contribution is -0.112. The van der Waals surface area contributed by atoms with Gasteiger partial charge in [-0.1, -0.05) is 43.2 Å². The lowest BCUT2D eigenvalue weighted by Crippen LogP contribution is -2.45. The molecule has 1 saturated carbocycles. The van der Waals surface area contributed by atoms with Crippen molar-refractivity contribution in [1.82, 2.24) is 19.4 Å². The first-order valence-electron chi connectivity index (χ1n) is 15.1. The molecule has 0 aliphatic heterocycles. The average Bonchev–Trinajstić information content (AvgIpc) is 3.84. The molecule has 0 spiro atoms. The molecule has 7 nitrogen and oxygen atoms in total. The molecule has 5 aromatic rings. The molecule has 1 fully saturated rings. The van der Waals surface area contributed by atoms with Gasteiger partial charge in [-0.25, -0.2) is 4.98 Å². The molecule has 218 valence electrons. The van der Waals surface area contributed by atoms with E-state index < -0.39 is 5.54 Å². The van der Waals surface area contributed by atoms with Crippen LogP contribution in [0.1, 0.15) is 78.7 Å². The monoisotopic (exact) mass is 572 g/mol. The number of allylic oxidation sites excluding steroid dienone is 1. The number of ketones is 1. The normalized spacial score (nSPS) is 16.7. The van der Waals surface area contributed by atoms with Gasteiger partial charge in [0.05, 0.1) is 29.3 Å². The van der Waals surface area contributed by atoms with Crippen LogP contribution in [0.15, 0.2) is 77.6 Å². The van der Waals surface area contributed by atoms with E-state index in [1.165, 1.54) is 42.3 Å². The van der Waals surface area contributed by atoms with Gasteiger partial charge < -0.3 is 18.9 Å². The van der Waals surface area contributed by atoms with Crippen molar-refractivity contribution in [2.75, 3.05) is 0 Å². The molecular weight excluding hydrogens is 536 g/mol. The smallest absolute Gasteiger partial charge is 0.252 e. The molecule has 3 heterocycles. The van der Waals surface area contributed by atoms with E-state index in [9.17, 15) is 9.59 Å². The van der Waals surface area contributed by atoms with Gasteiger partial charge >= 0.3 is 0 Å². The van der Waals surface area contributed by atoms with Crippen LogP contribution in [0.25, 0.3) is 39.3 Å². The number of hydrogen-bond acceptors (Lipinski definition) is 4. The molecule has 2 aliphatic carbocycles. The highest BCUT2D eigenvalue weighted by Crippen LogP contribution is 2.45. The fraction of sp³-hybridized carbons (Fsp3) is 0.306. The number of aryl methyl sites for hydroxylation is 2. The maximum atomic E-state index is 14.0. The Kier molecular flexibility index (Phi) is 6.68. The summed E-state index contributed by atoms with van der Waals surface area (Å²) in [6.07, 6.45) is 17.4. The second kappa shape index (κ2) is 10.6. The minimum absolute atomic E-state index is 0.00507. The van der Waals surface area contributed by atoms with E-state index in [2.05, 4.69) is 39.7 Å². The fourth-order valence-electron chi connectivity index (χ4n) is 7.22. The summed E-state index contributed by atoms with van der Waals surface area (Å²) < 4.78 is 9.77. The quantitative estimate of drug-likeness (QED) is 0.161. The van der Waals surface area contributed by atoms with E-state index in [1.54, 1.807) is 19.3 Å². The van der Waals surface area contributed by atoms with Crippen LogP contribution in [0.2, 0.25) is 0 Å². The Balaban J connectivity index is 1.26. The van der Waals surface area contributed by atoms with Crippen molar-refractivity contribution < 1.29 is 14.0 Å². The highest BCUT2D eigenvalue weighted by atomic mass is 16.3. The summed E-state index contributed by atoms with van der Waals surface area (Å²) in [6.45, 7) is 1.54. The van der Waals surface area contributed by atoms with Gasteiger partial charge in [0.15, 0.2) is 5.78 Å². The molecule has 7 heteroatoms. The minimum Gasteiger partial charge on any atom is -0.472 e. The van der Waals surface area contributed by atoms with E-state index >= 15 is 0 Å². The second-order valence-electron chi connectivity index (χ2n) is 12.1. The maximum Gasteiger partial charge on any atom is 0.252 e. The predicted octanol–water partition coefficient (Wildman–Crippen LogP) is 7.56. The molecule has 2 aliphatic rings. The van der Waals surface area contributed by atoms with E-state index in [0.29, 0.717) is 24.3 Å². The number of carbonyl (C=O) groups is 2. The third kappa shape index (κ3) is 4.63. The van der Waals surface area contributed by atoms with E-state index in [-0.39, 0.29) is 11.7 Å². The van der Waals surface area contributed by atoms with Crippen molar-refractivity contribution in [3.63, 3.8) is 0 Å². The summed E-state index contributed by atoms with van der Waals surface area (Å²) in [5, 5.41) is 4.61.